The van der Waals surface area contributed by atoms with Crippen LogP contribution in [0.3, 0.4) is 0 Å². The van der Waals surface area contributed by atoms with Crippen LogP contribution in [-0.2, 0) is 21.4 Å². The summed E-state index contributed by atoms with van der Waals surface area (Å²) in [6.07, 6.45) is -5.08. The summed E-state index contributed by atoms with van der Waals surface area (Å²) < 4.78 is 59.9. The molecule has 3 N–H and O–H groups in total. The Morgan fingerprint density at radius 2 is 1.51 bits per heavy atom. The van der Waals surface area contributed by atoms with Crippen molar-refractivity contribution in [3.63, 3.8) is 0 Å². The molecule has 0 aliphatic rings. The number of carboxylic acids is 2. The molecule has 0 saturated carbocycles. The van der Waals surface area contributed by atoms with Crippen LogP contribution >= 0.6 is 0 Å². The summed E-state index contributed by atoms with van der Waals surface area (Å²) >= 11 is 0. The van der Waals surface area contributed by atoms with Crippen molar-refractivity contribution in [3.8, 4) is 0 Å². The number of benzene rings is 3. The standard InChI is InChI=1S/C25H28N2O4S.C2HF3O2/c1-4-27(17-19-8-6-5-7-9-19)24-15-12-21(16-23(24)25(28)29)26-32(30,31)22-13-10-20(11-14-22)18(2)3;3-2(4,5)1(6)7/h5-16,18,26H,4,17H2,1-3H3,(H,28,29);(H,6,7). The third-order valence-electron chi connectivity index (χ3n) is 5.52. The number of alkyl halides is 3. The maximum Gasteiger partial charge on any atom is 0.490 e. The van der Waals surface area contributed by atoms with Crippen molar-refractivity contribution in [2.45, 2.75) is 44.3 Å². The Morgan fingerprint density at radius 1 is 0.949 bits per heavy atom. The highest BCUT2D eigenvalue weighted by Crippen LogP contribution is 2.28. The Morgan fingerprint density at radius 3 is 1.97 bits per heavy atom. The number of rotatable bonds is 9. The largest absolute Gasteiger partial charge is 0.490 e. The third kappa shape index (κ3) is 9.02. The lowest BCUT2D eigenvalue weighted by Gasteiger charge is -2.25. The zero-order valence-electron chi connectivity index (χ0n) is 21.4. The molecule has 0 aromatic heterocycles. The minimum Gasteiger partial charge on any atom is -0.478 e. The summed E-state index contributed by atoms with van der Waals surface area (Å²) in [5, 5.41) is 16.9. The molecule has 39 heavy (non-hydrogen) atoms. The van der Waals surface area contributed by atoms with E-state index in [-0.39, 0.29) is 16.1 Å². The van der Waals surface area contributed by atoms with Gasteiger partial charge in [-0.1, -0.05) is 56.3 Å². The fourth-order valence-corrected chi connectivity index (χ4v) is 4.51. The first-order valence-electron chi connectivity index (χ1n) is 11.7. The molecule has 3 aromatic rings. The number of nitrogens with one attached hydrogen (secondary N) is 1. The van der Waals surface area contributed by atoms with Crippen molar-refractivity contribution in [2.75, 3.05) is 16.2 Å². The number of carboxylic acid groups (broad SMARTS) is 2. The van der Waals surface area contributed by atoms with Crippen molar-refractivity contribution in [1.82, 2.24) is 0 Å². The number of aliphatic carboxylic acids is 1. The molecule has 0 radical (unpaired) electrons. The van der Waals surface area contributed by atoms with Gasteiger partial charge < -0.3 is 15.1 Å². The summed E-state index contributed by atoms with van der Waals surface area (Å²) in [6.45, 7) is 7.17. The molecular weight excluding hydrogens is 537 g/mol. The average Bonchev–Trinajstić information content (AvgIpc) is 2.87. The summed E-state index contributed by atoms with van der Waals surface area (Å²) in [7, 11) is -3.84. The molecular formula is C27H29F3N2O6S. The lowest BCUT2D eigenvalue weighted by Crippen LogP contribution is -2.24. The Labute approximate surface area is 224 Å². The Balaban J connectivity index is 0.000000673. The van der Waals surface area contributed by atoms with Gasteiger partial charge in [-0.2, -0.15) is 13.2 Å². The van der Waals surface area contributed by atoms with Crippen LogP contribution in [0.15, 0.2) is 77.7 Å². The number of hydrogen-bond donors (Lipinski definition) is 3. The van der Waals surface area contributed by atoms with E-state index in [0.29, 0.717) is 24.7 Å². The van der Waals surface area contributed by atoms with E-state index in [0.717, 1.165) is 11.1 Å². The van der Waals surface area contributed by atoms with Crippen LogP contribution in [-0.4, -0.2) is 43.3 Å². The molecule has 210 valence electrons. The van der Waals surface area contributed by atoms with Gasteiger partial charge in [0.05, 0.1) is 16.1 Å². The molecule has 0 saturated heterocycles. The van der Waals surface area contributed by atoms with Crippen LogP contribution < -0.4 is 9.62 Å². The minimum atomic E-state index is -5.08. The molecule has 0 amide bonds. The monoisotopic (exact) mass is 566 g/mol. The smallest absolute Gasteiger partial charge is 0.478 e. The number of hydrogen-bond acceptors (Lipinski definition) is 5. The van der Waals surface area contributed by atoms with Crippen molar-refractivity contribution >= 4 is 33.3 Å². The quantitative estimate of drug-likeness (QED) is 0.292. The number of nitrogens with zero attached hydrogens (tertiary/aromatic N) is 1. The van der Waals surface area contributed by atoms with Crippen LogP contribution in [0.25, 0.3) is 0 Å². The van der Waals surface area contributed by atoms with Gasteiger partial charge in [0, 0.05) is 18.8 Å². The third-order valence-corrected chi connectivity index (χ3v) is 6.91. The van der Waals surface area contributed by atoms with Gasteiger partial charge in [-0.3, -0.25) is 4.72 Å². The molecule has 0 bridgehead atoms. The molecule has 0 spiro atoms. The first kappa shape index (κ1) is 31.2. The number of anilines is 2. The normalized spacial score (nSPS) is 11.4. The summed E-state index contributed by atoms with van der Waals surface area (Å²) in [5.41, 5.74) is 2.88. The Bertz CT molecular complexity index is 1380. The van der Waals surface area contributed by atoms with Gasteiger partial charge in [-0.05, 0) is 54.3 Å². The molecule has 0 aliphatic carbocycles. The van der Waals surface area contributed by atoms with Gasteiger partial charge in [0.1, 0.15) is 0 Å². The van der Waals surface area contributed by atoms with E-state index >= 15 is 0 Å². The van der Waals surface area contributed by atoms with E-state index in [1.165, 1.54) is 6.07 Å². The Hall–Kier alpha value is -4.06. The number of aromatic carboxylic acids is 1. The highest BCUT2D eigenvalue weighted by molar-refractivity contribution is 7.92. The molecule has 0 heterocycles. The number of carbonyl (C=O) groups is 2. The predicted octanol–water partition coefficient (Wildman–Crippen LogP) is 5.97. The number of halogens is 3. The van der Waals surface area contributed by atoms with E-state index in [4.69, 9.17) is 9.90 Å². The van der Waals surface area contributed by atoms with Crippen LogP contribution in [0.1, 0.15) is 48.2 Å². The van der Waals surface area contributed by atoms with E-state index in [1.807, 2.05) is 56.0 Å². The van der Waals surface area contributed by atoms with E-state index < -0.39 is 28.1 Å². The number of sulfonamides is 1. The molecule has 0 unspecified atom stereocenters. The van der Waals surface area contributed by atoms with Gasteiger partial charge in [-0.15, -0.1) is 0 Å². The topological polar surface area (TPSA) is 124 Å². The zero-order chi connectivity index (χ0) is 29.4. The fourth-order valence-electron chi connectivity index (χ4n) is 3.46. The second kappa shape index (κ2) is 13.1. The summed E-state index contributed by atoms with van der Waals surface area (Å²) in [4.78, 5) is 22.9. The lowest BCUT2D eigenvalue weighted by molar-refractivity contribution is -0.192. The van der Waals surface area contributed by atoms with Gasteiger partial charge in [0.15, 0.2) is 0 Å². The average molecular weight is 567 g/mol. The Kier molecular flexibility index (Phi) is 10.5. The minimum absolute atomic E-state index is 0.0399. The van der Waals surface area contributed by atoms with E-state index in [2.05, 4.69) is 4.72 Å². The zero-order valence-corrected chi connectivity index (χ0v) is 22.3. The second-order valence-corrected chi connectivity index (χ2v) is 10.4. The van der Waals surface area contributed by atoms with Gasteiger partial charge in [-0.25, -0.2) is 18.0 Å². The van der Waals surface area contributed by atoms with Crippen molar-refractivity contribution in [1.29, 1.82) is 0 Å². The van der Waals surface area contributed by atoms with Gasteiger partial charge in [0.2, 0.25) is 0 Å². The maximum atomic E-state index is 12.8. The van der Waals surface area contributed by atoms with Crippen LogP contribution in [0, 0.1) is 0 Å². The van der Waals surface area contributed by atoms with Gasteiger partial charge >= 0.3 is 18.1 Å². The van der Waals surface area contributed by atoms with Crippen molar-refractivity contribution in [3.05, 3.63) is 89.5 Å². The van der Waals surface area contributed by atoms with Crippen molar-refractivity contribution < 1.29 is 41.4 Å². The molecule has 0 fully saturated rings. The highest BCUT2D eigenvalue weighted by Gasteiger charge is 2.38. The summed E-state index contributed by atoms with van der Waals surface area (Å²) in [5.74, 6) is -3.58. The molecule has 3 aromatic carbocycles. The van der Waals surface area contributed by atoms with Gasteiger partial charge in [0.25, 0.3) is 10.0 Å². The molecule has 8 nitrogen and oxygen atoms in total. The molecule has 3 rings (SSSR count). The first-order chi connectivity index (χ1) is 18.2. The van der Waals surface area contributed by atoms with Crippen LogP contribution in [0.5, 0.6) is 0 Å². The van der Waals surface area contributed by atoms with Crippen molar-refractivity contribution in [2.24, 2.45) is 0 Å². The SMILES string of the molecule is CCN(Cc1ccccc1)c1ccc(NS(=O)(=O)c2ccc(C(C)C)cc2)cc1C(=O)O.O=C(O)C(F)(F)F. The fraction of sp³-hybridized carbons (Fsp3) is 0.259. The highest BCUT2D eigenvalue weighted by atomic mass is 32.2. The first-order valence-corrected chi connectivity index (χ1v) is 13.2. The lowest BCUT2D eigenvalue weighted by atomic mass is 10.0. The maximum absolute atomic E-state index is 12.8. The molecule has 0 atom stereocenters. The van der Waals surface area contributed by atoms with Crippen LogP contribution in [0.2, 0.25) is 0 Å². The molecule has 12 heteroatoms. The van der Waals surface area contributed by atoms with Crippen LogP contribution in [0.4, 0.5) is 24.5 Å². The molecule has 0 aliphatic heterocycles. The van der Waals surface area contributed by atoms with E-state index in [9.17, 15) is 31.5 Å². The second-order valence-electron chi connectivity index (χ2n) is 8.67. The van der Waals surface area contributed by atoms with E-state index in [1.54, 1.807) is 36.4 Å². The summed E-state index contributed by atoms with van der Waals surface area (Å²) in [6, 6.07) is 21.1. The predicted molar refractivity (Wildman–Crippen MR) is 142 cm³/mol.